The van der Waals surface area contributed by atoms with Crippen LogP contribution in [0, 0.1) is 0 Å². The van der Waals surface area contributed by atoms with Gasteiger partial charge in [-0.25, -0.2) is 0 Å². The predicted octanol–water partition coefficient (Wildman–Crippen LogP) is 4.65. The molecule has 0 amide bonds. The number of aliphatic hydroxyl groups is 1. The Morgan fingerprint density at radius 1 is 1.17 bits per heavy atom. The lowest BCUT2D eigenvalue weighted by atomic mass is 9.73. The molecule has 2 aromatic rings. The van der Waals surface area contributed by atoms with E-state index < -0.39 is 5.41 Å². The summed E-state index contributed by atoms with van der Waals surface area (Å²) in [5.74, 6) is 0.610. The lowest BCUT2D eigenvalue weighted by molar-refractivity contribution is -0.111. The van der Waals surface area contributed by atoms with E-state index in [9.17, 15) is 9.90 Å². The molecule has 0 aliphatic heterocycles. The van der Waals surface area contributed by atoms with E-state index >= 15 is 0 Å². The summed E-state index contributed by atoms with van der Waals surface area (Å²) >= 11 is 12.1. The molecule has 24 heavy (non-hydrogen) atoms. The molecule has 1 atom stereocenters. The average molecular weight is 367 g/mol. The molecule has 0 aliphatic carbocycles. The maximum Gasteiger partial charge on any atom is 0.135 e. The number of hydrogen-bond donors (Lipinski definition) is 1. The highest BCUT2D eigenvalue weighted by atomic mass is 35.5. The molecule has 0 spiro atoms. The zero-order chi connectivity index (χ0) is 17.7. The van der Waals surface area contributed by atoms with Crippen molar-refractivity contribution in [2.24, 2.45) is 0 Å². The quantitative estimate of drug-likeness (QED) is 0.725. The Bertz CT molecular complexity index is 716. The third-order valence-electron chi connectivity index (χ3n) is 3.87. The Morgan fingerprint density at radius 3 is 2.46 bits per heavy atom. The standard InChI is InChI=1S/C19H20Cl2O3/c1-13(2)24-18-6-4-3-5-15(18)19(12-23,9-10-22)14-7-8-16(20)17(21)11-14/h3-8,11-13,22H,9-10H2,1-2H3. The molecular weight excluding hydrogens is 347 g/mol. The molecule has 0 radical (unpaired) electrons. The Morgan fingerprint density at radius 2 is 1.88 bits per heavy atom. The highest BCUT2D eigenvalue weighted by Gasteiger charge is 2.36. The number of benzene rings is 2. The highest BCUT2D eigenvalue weighted by Crippen LogP contribution is 2.41. The van der Waals surface area contributed by atoms with Crippen LogP contribution in [0.5, 0.6) is 5.75 Å². The molecule has 1 unspecified atom stereocenters. The van der Waals surface area contributed by atoms with Crippen LogP contribution in [0.1, 0.15) is 31.4 Å². The average Bonchev–Trinajstić information content (AvgIpc) is 2.55. The van der Waals surface area contributed by atoms with Gasteiger partial charge in [-0.15, -0.1) is 0 Å². The molecule has 0 aromatic heterocycles. The van der Waals surface area contributed by atoms with Crippen LogP contribution in [0.25, 0.3) is 0 Å². The van der Waals surface area contributed by atoms with Gasteiger partial charge in [0.25, 0.3) is 0 Å². The molecule has 5 heteroatoms. The summed E-state index contributed by atoms with van der Waals surface area (Å²) in [6.45, 7) is 3.68. The van der Waals surface area contributed by atoms with Crippen molar-refractivity contribution < 1.29 is 14.6 Å². The fourth-order valence-corrected chi connectivity index (χ4v) is 3.06. The second-order valence-electron chi connectivity index (χ2n) is 5.85. The van der Waals surface area contributed by atoms with Gasteiger partial charge in [0.1, 0.15) is 12.0 Å². The van der Waals surface area contributed by atoms with Gasteiger partial charge < -0.3 is 14.6 Å². The number of carbonyl (C=O) groups excluding carboxylic acids is 1. The zero-order valence-corrected chi connectivity index (χ0v) is 15.1. The Labute approximate surface area is 152 Å². The summed E-state index contributed by atoms with van der Waals surface area (Å²) in [7, 11) is 0. The van der Waals surface area contributed by atoms with Crippen LogP contribution in [0.15, 0.2) is 42.5 Å². The third-order valence-corrected chi connectivity index (χ3v) is 4.61. The number of hydrogen-bond acceptors (Lipinski definition) is 3. The summed E-state index contributed by atoms with van der Waals surface area (Å²) < 4.78 is 5.88. The number of carbonyl (C=O) groups is 1. The van der Waals surface area contributed by atoms with E-state index in [4.69, 9.17) is 27.9 Å². The maximum atomic E-state index is 12.2. The van der Waals surface area contributed by atoms with Gasteiger partial charge in [0, 0.05) is 12.2 Å². The minimum atomic E-state index is -1.06. The number of ether oxygens (including phenoxy) is 1. The molecule has 0 saturated carbocycles. The fraction of sp³-hybridized carbons (Fsp3) is 0.316. The topological polar surface area (TPSA) is 46.5 Å². The zero-order valence-electron chi connectivity index (χ0n) is 13.6. The smallest absolute Gasteiger partial charge is 0.135 e. The largest absolute Gasteiger partial charge is 0.491 e. The SMILES string of the molecule is CC(C)Oc1ccccc1C(C=O)(CCO)c1ccc(Cl)c(Cl)c1. The first-order valence-electron chi connectivity index (χ1n) is 7.73. The maximum absolute atomic E-state index is 12.2. The minimum absolute atomic E-state index is 0.0431. The molecule has 0 aliphatic rings. The number of halogens is 2. The van der Waals surface area contributed by atoms with Gasteiger partial charge in [-0.1, -0.05) is 47.5 Å². The van der Waals surface area contributed by atoms with Crippen molar-refractivity contribution >= 4 is 29.5 Å². The van der Waals surface area contributed by atoms with E-state index in [0.717, 1.165) is 6.29 Å². The number of aliphatic hydroxyl groups excluding tert-OH is 1. The number of aldehydes is 1. The lowest BCUT2D eigenvalue weighted by Gasteiger charge is -2.31. The summed E-state index contributed by atoms with van der Waals surface area (Å²) in [6, 6.07) is 12.4. The molecule has 128 valence electrons. The van der Waals surface area contributed by atoms with Gasteiger partial charge in [-0.2, -0.15) is 0 Å². The number of rotatable bonds is 7. The van der Waals surface area contributed by atoms with Crippen molar-refractivity contribution in [2.75, 3.05) is 6.61 Å². The Hall–Kier alpha value is -1.55. The van der Waals surface area contributed by atoms with E-state index in [1.54, 1.807) is 18.2 Å². The first kappa shape index (κ1) is 18.8. The van der Waals surface area contributed by atoms with Crippen molar-refractivity contribution in [3.05, 3.63) is 63.6 Å². The molecule has 0 heterocycles. The van der Waals surface area contributed by atoms with Gasteiger partial charge >= 0.3 is 0 Å². The van der Waals surface area contributed by atoms with Crippen LogP contribution in [0.4, 0.5) is 0 Å². The molecular formula is C19H20Cl2O3. The van der Waals surface area contributed by atoms with Crippen molar-refractivity contribution in [1.82, 2.24) is 0 Å². The van der Waals surface area contributed by atoms with E-state index in [-0.39, 0.29) is 19.1 Å². The second-order valence-corrected chi connectivity index (χ2v) is 6.67. The van der Waals surface area contributed by atoms with Crippen molar-refractivity contribution in [3.8, 4) is 5.75 Å². The molecule has 3 nitrogen and oxygen atoms in total. The van der Waals surface area contributed by atoms with Gasteiger partial charge in [0.05, 0.1) is 21.6 Å². The first-order valence-corrected chi connectivity index (χ1v) is 8.49. The predicted molar refractivity (Wildman–Crippen MR) is 97.2 cm³/mol. The first-order chi connectivity index (χ1) is 11.4. The van der Waals surface area contributed by atoms with Crippen LogP contribution in [-0.4, -0.2) is 24.1 Å². The minimum Gasteiger partial charge on any atom is -0.491 e. The Kier molecular flexibility index (Phi) is 6.27. The molecule has 2 rings (SSSR count). The van der Waals surface area contributed by atoms with Crippen molar-refractivity contribution in [2.45, 2.75) is 31.8 Å². The van der Waals surface area contributed by atoms with E-state index in [0.29, 0.717) is 26.9 Å². The van der Waals surface area contributed by atoms with Crippen LogP contribution in [-0.2, 0) is 10.2 Å². The summed E-state index contributed by atoms with van der Waals surface area (Å²) in [6.07, 6.45) is 1.01. The molecule has 0 saturated heterocycles. The van der Waals surface area contributed by atoms with Crippen LogP contribution in [0.3, 0.4) is 0 Å². The summed E-state index contributed by atoms with van der Waals surface area (Å²) in [4.78, 5) is 12.2. The van der Waals surface area contributed by atoms with Crippen molar-refractivity contribution in [1.29, 1.82) is 0 Å². The summed E-state index contributed by atoms with van der Waals surface area (Å²) in [5, 5.41) is 10.4. The third kappa shape index (κ3) is 3.75. The molecule has 2 aromatic carbocycles. The fourth-order valence-electron chi connectivity index (χ4n) is 2.77. The van der Waals surface area contributed by atoms with E-state index in [2.05, 4.69) is 0 Å². The second kappa shape index (κ2) is 8.02. The molecule has 1 N–H and O–H groups in total. The van der Waals surface area contributed by atoms with Crippen LogP contribution < -0.4 is 4.74 Å². The van der Waals surface area contributed by atoms with Gasteiger partial charge in [0.2, 0.25) is 0 Å². The highest BCUT2D eigenvalue weighted by molar-refractivity contribution is 6.42. The molecule has 0 fully saturated rings. The normalized spacial score (nSPS) is 13.6. The van der Waals surface area contributed by atoms with Gasteiger partial charge in [0.15, 0.2) is 0 Å². The Balaban J connectivity index is 2.68. The van der Waals surface area contributed by atoms with E-state index in [1.807, 2.05) is 38.1 Å². The monoisotopic (exact) mass is 366 g/mol. The molecule has 0 bridgehead atoms. The van der Waals surface area contributed by atoms with Gasteiger partial charge in [-0.05, 0) is 44.0 Å². The van der Waals surface area contributed by atoms with Crippen LogP contribution in [0.2, 0.25) is 10.0 Å². The van der Waals surface area contributed by atoms with Crippen LogP contribution >= 0.6 is 23.2 Å². The van der Waals surface area contributed by atoms with E-state index in [1.165, 1.54) is 0 Å². The lowest BCUT2D eigenvalue weighted by Crippen LogP contribution is -2.32. The number of para-hydroxylation sites is 1. The van der Waals surface area contributed by atoms with Gasteiger partial charge in [-0.3, -0.25) is 0 Å². The van der Waals surface area contributed by atoms with Crippen molar-refractivity contribution in [3.63, 3.8) is 0 Å². The summed E-state index contributed by atoms with van der Waals surface area (Å²) in [5.41, 5.74) is 0.302.